The number of rotatable bonds is 5. The van der Waals surface area contributed by atoms with Crippen molar-refractivity contribution >= 4 is 23.4 Å². The first-order valence-corrected chi connectivity index (χ1v) is 9.49. The summed E-state index contributed by atoms with van der Waals surface area (Å²) < 4.78 is 0. The lowest BCUT2D eigenvalue weighted by atomic mass is 10.1. The molecule has 2 fully saturated rings. The van der Waals surface area contributed by atoms with E-state index in [9.17, 15) is 14.4 Å². The van der Waals surface area contributed by atoms with E-state index in [1.54, 1.807) is 4.90 Å². The van der Waals surface area contributed by atoms with Crippen molar-refractivity contribution in [2.24, 2.45) is 0 Å². The molecule has 1 unspecified atom stereocenters. The van der Waals surface area contributed by atoms with Crippen LogP contribution in [0.15, 0.2) is 24.3 Å². The molecule has 2 aliphatic rings. The topological polar surface area (TPSA) is 69.7 Å². The number of hydrogen-bond acceptors (Lipinski definition) is 3. The van der Waals surface area contributed by atoms with Crippen LogP contribution in [0.1, 0.15) is 44.6 Å². The fourth-order valence-corrected chi connectivity index (χ4v) is 3.77. The second kappa shape index (κ2) is 8.34. The largest absolute Gasteiger partial charge is 0.343 e. The Morgan fingerprint density at radius 1 is 1.04 bits per heavy atom. The van der Waals surface area contributed by atoms with E-state index in [2.05, 4.69) is 5.32 Å². The lowest BCUT2D eigenvalue weighted by Gasteiger charge is -2.22. The monoisotopic (exact) mass is 357 g/mol. The van der Waals surface area contributed by atoms with Crippen LogP contribution in [0.3, 0.4) is 0 Å². The molecule has 1 aromatic rings. The Bertz CT molecular complexity index is 665. The second-order valence-corrected chi connectivity index (χ2v) is 7.14. The fourth-order valence-electron chi connectivity index (χ4n) is 3.77. The van der Waals surface area contributed by atoms with Crippen LogP contribution in [0.2, 0.25) is 0 Å². The molecule has 140 valence electrons. The molecule has 0 saturated carbocycles. The Balaban J connectivity index is 1.50. The summed E-state index contributed by atoms with van der Waals surface area (Å²) in [4.78, 5) is 39.7. The van der Waals surface area contributed by atoms with Gasteiger partial charge in [-0.25, -0.2) is 0 Å². The molecule has 2 heterocycles. The molecule has 2 saturated heterocycles. The highest BCUT2D eigenvalue weighted by atomic mass is 16.2. The quantitative estimate of drug-likeness (QED) is 0.878. The number of benzene rings is 1. The van der Waals surface area contributed by atoms with Gasteiger partial charge in [-0.2, -0.15) is 0 Å². The molecule has 0 aromatic heterocycles. The Hall–Kier alpha value is -2.37. The Morgan fingerprint density at radius 3 is 2.38 bits per heavy atom. The summed E-state index contributed by atoms with van der Waals surface area (Å²) in [5.74, 6) is 0.0424. The second-order valence-electron chi connectivity index (χ2n) is 7.14. The third-order valence-electron chi connectivity index (χ3n) is 5.27. The van der Waals surface area contributed by atoms with E-state index >= 15 is 0 Å². The minimum Gasteiger partial charge on any atom is -0.343 e. The first-order chi connectivity index (χ1) is 12.5. The average molecular weight is 357 g/mol. The van der Waals surface area contributed by atoms with E-state index in [0.717, 1.165) is 43.6 Å². The minimum absolute atomic E-state index is 0.0549. The van der Waals surface area contributed by atoms with Crippen LogP contribution in [0.25, 0.3) is 0 Å². The molecule has 1 N–H and O–H groups in total. The van der Waals surface area contributed by atoms with E-state index in [0.29, 0.717) is 25.8 Å². The number of amides is 3. The van der Waals surface area contributed by atoms with Crippen molar-refractivity contribution in [1.29, 1.82) is 0 Å². The highest BCUT2D eigenvalue weighted by Gasteiger charge is 2.32. The summed E-state index contributed by atoms with van der Waals surface area (Å²) in [6.07, 6.45) is 5.04. The van der Waals surface area contributed by atoms with Crippen LogP contribution in [-0.4, -0.2) is 53.2 Å². The third-order valence-corrected chi connectivity index (χ3v) is 5.27. The van der Waals surface area contributed by atoms with Gasteiger partial charge in [0.15, 0.2) is 0 Å². The molecule has 0 radical (unpaired) electrons. The van der Waals surface area contributed by atoms with Crippen molar-refractivity contribution in [3.8, 4) is 0 Å². The normalized spacial score (nSPS) is 19.7. The van der Waals surface area contributed by atoms with Crippen LogP contribution in [0.4, 0.5) is 5.69 Å². The maximum Gasteiger partial charge on any atom is 0.247 e. The molecule has 2 aliphatic heterocycles. The lowest BCUT2D eigenvalue weighted by molar-refractivity contribution is -0.134. The van der Waals surface area contributed by atoms with Crippen molar-refractivity contribution in [1.82, 2.24) is 9.80 Å². The summed E-state index contributed by atoms with van der Waals surface area (Å²) in [6, 6.07) is 7.25. The molecule has 3 rings (SSSR count). The van der Waals surface area contributed by atoms with Crippen molar-refractivity contribution in [2.45, 2.75) is 51.5 Å². The van der Waals surface area contributed by atoms with Crippen molar-refractivity contribution in [2.75, 3.05) is 25.0 Å². The molecular formula is C20H27N3O3. The highest BCUT2D eigenvalue weighted by molar-refractivity contribution is 5.97. The Morgan fingerprint density at radius 2 is 1.73 bits per heavy atom. The van der Waals surface area contributed by atoms with Gasteiger partial charge in [0.05, 0.1) is 0 Å². The number of anilines is 1. The SMILES string of the molecule is CC(=O)N1CCCC1C(=O)Nc1ccc(CCC(=O)N2CCCC2)cc1. The van der Waals surface area contributed by atoms with Gasteiger partial charge in [0.25, 0.3) is 0 Å². The highest BCUT2D eigenvalue weighted by Crippen LogP contribution is 2.20. The van der Waals surface area contributed by atoms with Crippen molar-refractivity contribution in [3.05, 3.63) is 29.8 Å². The van der Waals surface area contributed by atoms with E-state index < -0.39 is 0 Å². The number of nitrogens with one attached hydrogen (secondary N) is 1. The molecule has 1 aromatic carbocycles. The minimum atomic E-state index is -0.370. The molecule has 1 atom stereocenters. The van der Waals surface area contributed by atoms with E-state index in [4.69, 9.17) is 0 Å². The molecule has 3 amide bonds. The van der Waals surface area contributed by atoms with Crippen LogP contribution in [0.5, 0.6) is 0 Å². The summed E-state index contributed by atoms with van der Waals surface area (Å²) in [5, 5.41) is 2.90. The number of likely N-dealkylation sites (tertiary alicyclic amines) is 2. The maximum atomic E-state index is 12.4. The van der Waals surface area contributed by atoms with Crippen molar-refractivity contribution < 1.29 is 14.4 Å². The maximum absolute atomic E-state index is 12.4. The zero-order chi connectivity index (χ0) is 18.5. The third kappa shape index (κ3) is 4.42. The number of nitrogens with zero attached hydrogens (tertiary/aromatic N) is 2. The standard InChI is InChI=1S/C20H27N3O3/c1-15(24)23-14-4-5-18(23)20(26)21-17-9-6-16(7-10-17)8-11-19(25)22-12-2-3-13-22/h6-7,9-10,18H,2-5,8,11-14H2,1H3,(H,21,26). The van der Waals surface area contributed by atoms with Crippen LogP contribution in [0, 0.1) is 0 Å². The molecular weight excluding hydrogens is 330 g/mol. The smallest absolute Gasteiger partial charge is 0.247 e. The van der Waals surface area contributed by atoms with Crippen molar-refractivity contribution in [3.63, 3.8) is 0 Å². The van der Waals surface area contributed by atoms with E-state index in [1.807, 2.05) is 29.2 Å². The van der Waals surface area contributed by atoms with Gasteiger partial charge in [-0.05, 0) is 49.8 Å². The molecule has 0 spiro atoms. The first kappa shape index (κ1) is 18.4. The summed E-state index contributed by atoms with van der Waals surface area (Å²) in [7, 11) is 0. The van der Waals surface area contributed by atoms with Gasteiger partial charge < -0.3 is 15.1 Å². The molecule has 26 heavy (non-hydrogen) atoms. The summed E-state index contributed by atoms with van der Waals surface area (Å²) >= 11 is 0. The average Bonchev–Trinajstić information content (AvgIpc) is 3.32. The van der Waals surface area contributed by atoms with Gasteiger partial charge in [-0.1, -0.05) is 12.1 Å². The van der Waals surface area contributed by atoms with Gasteiger partial charge in [0.2, 0.25) is 17.7 Å². The zero-order valence-corrected chi connectivity index (χ0v) is 15.4. The van der Waals surface area contributed by atoms with Gasteiger partial charge in [0.1, 0.15) is 6.04 Å². The molecule has 6 heteroatoms. The number of hydrogen-bond donors (Lipinski definition) is 1. The van der Waals surface area contributed by atoms with E-state index in [1.165, 1.54) is 6.92 Å². The number of carbonyl (C=O) groups excluding carboxylic acids is 3. The van der Waals surface area contributed by atoms with Crippen LogP contribution >= 0.6 is 0 Å². The van der Waals surface area contributed by atoms with Gasteiger partial charge in [-0.15, -0.1) is 0 Å². The van der Waals surface area contributed by atoms with Gasteiger partial charge in [0, 0.05) is 38.7 Å². The van der Waals surface area contributed by atoms with Crippen LogP contribution in [-0.2, 0) is 20.8 Å². The Labute approximate surface area is 154 Å². The van der Waals surface area contributed by atoms with E-state index in [-0.39, 0.29) is 23.8 Å². The predicted molar refractivity (Wildman–Crippen MR) is 99.6 cm³/mol. The molecule has 6 nitrogen and oxygen atoms in total. The lowest BCUT2D eigenvalue weighted by Crippen LogP contribution is -2.42. The number of carbonyl (C=O) groups is 3. The first-order valence-electron chi connectivity index (χ1n) is 9.49. The zero-order valence-electron chi connectivity index (χ0n) is 15.4. The Kier molecular flexibility index (Phi) is 5.91. The van der Waals surface area contributed by atoms with Crippen LogP contribution < -0.4 is 5.32 Å². The number of aryl methyl sites for hydroxylation is 1. The fraction of sp³-hybridized carbons (Fsp3) is 0.550. The van der Waals surface area contributed by atoms with Gasteiger partial charge in [-0.3, -0.25) is 14.4 Å². The molecule has 0 aliphatic carbocycles. The summed E-state index contributed by atoms with van der Waals surface area (Å²) in [6.45, 7) is 3.94. The van der Waals surface area contributed by atoms with Gasteiger partial charge >= 0.3 is 0 Å². The summed E-state index contributed by atoms with van der Waals surface area (Å²) in [5.41, 5.74) is 1.81. The molecule has 0 bridgehead atoms. The predicted octanol–water partition coefficient (Wildman–Crippen LogP) is 2.19.